The Morgan fingerprint density at radius 1 is 1.33 bits per heavy atom. The van der Waals surface area contributed by atoms with Gasteiger partial charge in [-0.25, -0.2) is 0 Å². The Bertz CT molecular complexity index is 310. The number of rotatable bonds is 4. The fourth-order valence-corrected chi connectivity index (χ4v) is 1.46. The third-order valence-corrected chi connectivity index (χ3v) is 2.22. The number of aliphatic hydroxyl groups is 2. The maximum atomic E-state index is 9.54. The van der Waals surface area contributed by atoms with Crippen molar-refractivity contribution in [3.63, 3.8) is 0 Å². The zero-order valence-corrected chi connectivity index (χ0v) is 8.30. The van der Waals surface area contributed by atoms with Crippen molar-refractivity contribution < 1.29 is 15.3 Å². The van der Waals surface area contributed by atoms with Crippen molar-refractivity contribution in [2.24, 2.45) is 5.73 Å². The third kappa shape index (κ3) is 2.82. The van der Waals surface area contributed by atoms with Crippen LogP contribution in [0.5, 0.6) is 5.75 Å². The second kappa shape index (κ2) is 4.97. The highest BCUT2D eigenvalue weighted by atomic mass is 16.3. The van der Waals surface area contributed by atoms with Gasteiger partial charge >= 0.3 is 0 Å². The van der Waals surface area contributed by atoms with Crippen LogP contribution in [0.4, 0.5) is 5.69 Å². The van der Waals surface area contributed by atoms with Crippen LogP contribution in [0.3, 0.4) is 0 Å². The Hall–Kier alpha value is -1.30. The second-order valence-electron chi connectivity index (χ2n) is 3.46. The predicted molar refractivity (Wildman–Crippen MR) is 57.2 cm³/mol. The van der Waals surface area contributed by atoms with E-state index in [1.807, 2.05) is 0 Å². The molecule has 15 heavy (non-hydrogen) atoms. The van der Waals surface area contributed by atoms with Gasteiger partial charge < -0.3 is 26.8 Å². The maximum absolute atomic E-state index is 9.54. The summed E-state index contributed by atoms with van der Waals surface area (Å²) in [4.78, 5) is 0. The molecule has 0 fully saturated rings. The van der Waals surface area contributed by atoms with Crippen LogP contribution in [0, 0.1) is 0 Å². The van der Waals surface area contributed by atoms with Crippen molar-refractivity contribution >= 4 is 5.69 Å². The van der Waals surface area contributed by atoms with E-state index in [9.17, 15) is 10.2 Å². The van der Waals surface area contributed by atoms with Crippen molar-refractivity contribution in [2.75, 3.05) is 12.3 Å². The minimum atomic E-state index is -0.904. The maximum Gasteiger partial charge on any atom is 0.122 e. The van der Waals surface area contributed by atoms with E-state index in [0.29, 0.717) is 11.3 Å². The molecule has 0 saturated heterocycles. The predicted octanol–water partition coefficient (Wildman–Crippen LogP) is -0.282. The SMILES string of the molecule is Nc1cccc(O)c1C(N)CC(O)CO. The summed E-state index contributed by atoms with van der Waals surface area (Å²) in [5.41, 5.74) is 12.2. The molecule has 7 N–H and O–H groups in total. The lowest BCUT2D eigenvalue weighted by atomic mass is 9.99. The van der Waals surface area contributed by atoms with E-state index in [-0.39, 0.29) is 18.8 Å². The van der Waals surface area contributed by atoms with Crippen LogP contribution in [0.25, 0.3) is 0 Å². The molecule has 1 rings (SSSR count). The van der Waals surface area contributed by atoms with E-state index < -0.39 is 12.1 Å². The molecular weight excluding hydrogens is 196 g/mol. The van der Waals surface area contributed by atoms with E-state index in [4.69, 9.17) is 16.6 Å². The Balaban J connectivity index is 2.86. The topological polar surface area (TPSA) is 113 Å². The van der Waals surface area contributed by atoms with Gasteiger partial charge in [0.15, 0.2) is 0 Å². The van der Waals surface area contributed by atoms with Gasteiger partial charge in [0.25, 0.3) is 0 Å². The molecule has 5 nitrogen and oxygen atoms in total. The second-order valence-corrected chi connectivity index (χ2v) is 3.46. The lowest BCUT2D eigenvalue weighted by Gasteiger charge is -2.17. The van der Waals surface area contributed by atoms with E-state index in [1.165, 1.54) is 6.07 Å². The Labute approximate surface area is 88.0 Å². The van der Waals surface area contributed by atoms with Gasteiger partial charge in [-0.05, 0) is 18.6 Å². The number of hydrogen-bond donors (Lipinski definition) is 5. The molecule has 0 saturated carbocycles. The van der Waals surface area contributed by atoms with Crippen molar-refractivity contribution in [3.05, 3.63) is 23.8 Å². The monoisotopic (exact) mass is 212 g/mol. The van der Waals surface area contributed by atoms with Gasteiger partial charge in [-0.1, -0.05) is 6.07 Å². The van der Waals surface area contributed by atoms with Crippen LogP contribution >= 0.6 is 0 Å². The summed E-state index contributed by atoms with van der Waals surface area (Å²) in [6.45, 7) is -0.360. The highest BCUT2D eigenvalue weighted by molar-refractivity contribution is 5.55. The molecule has 0 spiro atoms. The molecular formula is C10H16N2O3. The van der Waals surface area contributed by atoms with E-state index in [2.05, 4.69) is 0 Å². The van der Waals surface area contributed by atoms with Crippen LogP contribution in [0.2, 0.25) is 0 Å². The molecule has 0 aliphatic carbocycles. The molecule has 0 heterocycles. The molecule has 0 radical (unpaired) electrons. The van der Waals surface area contributed by atoms with Gasteiger partial charge in [0, 0.05) is 17.3 Å². The zero-order valence-electron chi connectivity index (χ0n) is 8.30. The Morgan fingerprint density at radius 3 is 2.53 bits per heavy atom. The molecule has 5 heteroatoms. The van der Waals surface area contributed by atoms with Gasteiger partial charge in [0.2, 0.25) is 0 Å². The molecule has 0 aliphatic heterocycles. The highest BCUT2D eigenvalue weighted by Crippen LogP contribution is 2.30. The standard InChI is InChI=1S/C10H16N2O3/c11-7-2-1-3-9(15)10(7)8(12)4-6(14)5-13/h1-3,6,8,13-15H,4-5,11-12H2. The van der Waals surface area contributed by atoms with Gasteiger partial charge in [0.1, 0.15) is 5.75 Å². The quantitative estimate of drug-likeness (QED) is 0.440. The number of aliphatic hydroxyl groups excluding tert-OH is 2. The summed E-state index contributed by atoms with van der Waals surface area (Å²) in [6.07, 6.45) is -0.753. The lowest BCUT2D eigenvalue weighted by molar-refractivity contribution is 0.0825. The molecule has 0 aromatic heterocycles. The Kier molecular flexibility index (Phi) is 3.90. The lowest BCUT2D eigenvalue weighted by Crippen LogP contribution is -2.22. The highest BCUT2D eigenvalue weighted by Gasteiger charge is 2.17. The summed E-state index contributed by atoms with van der Waals surface area (Å²) in [7, 11) is 0. The third-order valence-electron chi connectivity index (χ3n) is 2.22. The molecule has 2 unspecified atom stereocenters. The smallest absolute Gasteiger partial charge is 0.122 e. The minimum absolute atomic E-state index is 0.00707. The van der Waals surface area contributed by atoms with E-state index >= 15 is 0 Å². The summed E-state index contributed by atoms with van der Waals surface area (Å²) in [5, 5.41) is 27.4. The molecule has 0 bridgehead atoms. The number of anilines is 1. The van der Waals surface area contributed by atoms with Crippen LogP contribution in [0.1, 0.15) is 18.0 Å². The molecule has 0 aliphatic rings. The molecule has 0 amide bonds. The van der Waals surface area contributed by atoms with Crippen molar-refractivity contribution in [2.45, 2.75) is 18.6 Å². The fraction of sp³-hybridized carbons (Fsp3) is 0.400. The Morgan fingerprint density at radius 2 is 2.00 bits per heavy atom. The number of benzene rings is 1. The van der Waals surface area contributed by atoms with Crippen molar-refractivity contribution in [1.29, 1.82) is 0 Å². The van der Waals surface area contributed by atoms with E-state index in [0.717, 1.165) is 0 Å². The summed E-state index contributed by atoms with van der Waals surface area (Å²) >= 11 is 0. The summed E-state index contributed by atoms with van der Waals surface area (Å²) in [5.74, 6) is 0.00707. The van der Waals surface area contributed by atoms with Gasteiger partial charge in [-0.15, -0.1) is 0 Å². The zero-order chi connectivity index (χ0) is 11.4. The first-order valence-corrected chi connectivity index (χ1v) is 4.68. The fourth-order valence-electron chi connectivity index (χ4n) is 1.46. The average molecular weight is 212 g/mol. The number of nitrogens with two attached hydrogens (primary N) is 2. The van der Waals surface area contributed by atoms with Crippen molar-refractivity contribution in [1.82, 2.24) is 0 Å². The van der Waals surface area contributed by atoms with Crippen LogP contribution in [-0.4, -0.2) is 28.0 Å². The number of phenols is 1. The van der Waals surface area contributed by atoms with Crippen molar-refractivity contribution in [3.8, 4) is 5.75 Å². The minimum Gasteiger partial charge on any atom is -0.508 e. The first kappa shape index (κ1) is 11.8. The molecule has 2 atom stereocenters. The number of nitrogen functional groups attached to an aromatic ring is 1. The first-order valence-electron chi connectivity index (χ1n) is 4.68. The van der Waals surface area contributed by atoms with Gasteiger partial charge in [0.05, 0.1) is 12.7 Å². The van der Waals surface area contributed by atoms with Crippen LogP contribution < -0.4 is 11.5 Å². The van der Waals surface area contributed by atoms with Gasteiger partial charge in [-0.3, -0.25) is 0 Å². The van der Waals surface area contributed by atoms with E-state index in [1.54, 1.807) is 12.1 Å². The normalized spacial score (nSPS) is 14.9. The number of phenolic OH excluding ortho intramolecular Hbond substituents is 1. The molecule has 84 valence electrons. The summed E-state index contributed by atoms with van der Waals surface area (Å²) < 4.78 is 0. The molecule has 1 aromatic rings. The average Bonchev–Trinajstić information content (AvgIpc) is 2.17. The number of hydrogen-bond acceptors (Lipinski definition) is 5. The number of aromatic hydroxyl groups is 1. The van der Waals surface area contributed by atoms with Gasteiger partial charge in [-0.2, -0.15) is 0 Å². The van der Waals surface area contributed by atoms with Crippen LogP contribution in [-0.2, 0) is 0 Å². The first-order chi connectivity index (χ1) is 7.06. The van der Waals surface area contributed by atoms with Crippen LogP contribution in [0.15, 0.2) is 18.2 Å². The largest absolute Gasteiger partial charge is 0.508 e. The molecule has 1 aromatic carbocycles. The summed E-state index contributed by atoms with van der Waals surface area (Å²) in [6, 6.07) is 4.13.